The highest BCUT2D eigenvalue weighted by molar-refractivity contribution is 6.17. The molecule has 1 heterocycles. The lowest BCUT2D eigenvalue weighted by Crippen LogP contribution is -2.17. The van der Waals surface area contributed by atoms with E-state index in [1.54, 1.807) is 18.5 Å². The van der Waals surface area contributed by atoms with Gasteiger partial charge in [-0.1, -0.05) is 6.07 Å². The first-order valence-corrected chi connectivity index (χ1v) is 6.18. The second-order valence-corrected chi connectivity index (χ2v) is 4.40. The number of hydrogen-bond donors (Lipinski definition) is 0. The summed E-state index contributed by atoms with van der Waals surface area (Å²) in [5.74, 6) is 0.0790. The first-order valence-electron chi connectivity index (χ1n) is 5.65. The molecule has 94 valence electrons. The largest absolute Gasteiger partial charge is 0.368 e. The zero-order chi connectivity index (χ0) is 13.0. The molecule has 4 heteroatoms. The van der Waals surface area contributed by atoms with E-state index >= 15 is 0 Å². The van der Waals surface area contributed by atoms with Gasteiger partial charge in [-0.25, -0.2) is 4.39 Å². The smallest absolute Gasteiger partial charge is 0.146 e. The van der Waals surface area contributed by atoms with Crippen LogP contribution in [0.2, 0.25) is 0 Å². The fourth-order valence-electron chi connectivity index (χ4n) is 1.79. The minimum Gasteiger partial charge on any atom is -0.368 e. The summed E-state index contributed by atoms with van der Waals surface area (Å²) < 4.78 is 13.9. The molecule has 0 aliphatic carbocycles. The van der Waals surface area contributed by atoms with Crippen LogP contribution in [0.3, 0.4) is 0 Å². The van der Waals surface area contributed by atoms with Crippen LogP contribution in [0.15, 0.2) is 42.7 Å². The molecule has 0 unspecified atom stereocenters. The van der Waals surface area contributed by atoms with Crippen molar-refractivity contribution in [2.24, 2.45) is 0 Å². The average Bonchev–Trinajstić information content (AvgIpc) is 2.39. The van der Waals surface area contributed by atoms with E-state index in [9.17, 15) is 4.39 Å². The molecule has 1 aromatic carbocycles. The molecule has 0 radical (unpaired) electrons. The summed E-state index contributed by atoms with van der Waals surface area (Å²) in [6, 6.07) is 8.91. The number of anilines is 1. The number of rotatable bonds is 4. The van der Waals surface area contributed by atoms with Gasteiger partial charge in [0.05, 0.1) is 5.69 Å². The van der Waals surface area contributed by atoms with Crippen molar-refractivity contribution in [3.63, 3.8) is 0 Å². The van der Waals surface area contributed by atoms with Gasteiger partial charge >= 0.3 is 0 Å². The van der Waals surface area contributed by atoms with E-state index in [1.807, 2.05) is 30.1 Å². The highest BCUT2D eigenvalue weighted by Crippen LogP contribution is 2.21. The second-order valence-electron chi connectivity index (χ2n) is 4.13. The molecule has 0 bridgehead atoms. The summed E-state index contributed by atoms with van der Waals surface area (Å²) in [4.78, 5) is 5.82. The minimum absolute atomic E-state index is 0.246. The van der Waals surface area contributed by atoms with Crippen LogP contribution in [0.5, 0.6) is 0 Å². The third kappa shape index (κ3) is 2.99. The van der Waals surface area contributed by atoms with Gasteiger partial charge in [-0.15, -0.1) is 11.6 Å². The molecule has 0 N–H and O–H groups in total. The number of nitrogens with zero attached hydrogens (tertiary/aromatic N) is 2. The van der Waals surface area contributed by atoms with Crippen LogP contribution in [0, 0.1) is 5.82 Å². The lowest BCUT2D eigenvalue weighted by molar-refractivity contribution is 0.621. The number of alkyl halides is 1. The van der Waals surface area contributed by atoms with Gasteiger partial charge in [0, 0.05) is 31.9 Å². The summed E-state index contributed by atoms with van der Waals surface area (Å²) >= 11 is 5.67. The van der Waals surface area contributed by atoms with Crippen LogP contribution in [0.1, 0.15) is 11.1 Å². The molecule has 0 atom stereocenters. The Balaban J connectivity index is 2.16. The maximum Gasteiger partial charge on any atom is 0.146 e. The summed E-state index contributed by atoms with van der Waals surface area (Å²) in [6.45, 7) is 0.639. The van der Waals surface area contributed by atoms with E-state index in [0.717, 1.165) is 11.1 Å². The van der Waals surface area contributed by atoms with E-state index in [1.165, 1.54) is 6.07 Å². The van der Waals surface area contributed by atoms with Gasteiger partial charge in [-0.05, 0) is 35.4 Å². The number of pyridine rings is 1. The van der Waals surface area contributed by atoms with Crippen LogP contribution < -0.4 is 4.90 Å². The highest BCUT2D eigenvalue weighted by Gasteiger charge is 2.08. The summed E-state index contributed by atoms with van der Waals surface area (Å²) in [6.07, 6.45) is 3.46. The van der Waals surface area contributed by atoms with Gasteiger partial charge in [-0.2, -0.15) is 0 Å². The molecule has 0 aliphatic heterocycles. The number of hydrogen-bond acceptors (Lipinski definition) is 2. The standard InChI is InChI=1S/C14H14ClFN2/c1-18(10-11-4-6-17-7-5-11)14-3-2-12(9-15)8-13(14)16/h2-8H,9-10H2,1H3. The van der Waals surface area contributed by atoms with Gasteiger partial charge in [-0.3, -0.25) is 4.98 Å². The van der Waals surface area contributed by atoms with Crippen molar-refractivity contribution in [1.29, 1.82) is 0 Å². The Morgan fingerprint density at radius 1 is 1.17 bits per heavy atom. The first kappa shape index (κ1) is 12.8. The molecular weight excluding hydrogens is 251 g/mol. The lowest BCUT2D eigenvalue weighted by atomic mass is 10.2. The Bertz CT molecular complexity index is 516. The third-order valence-corrected chi connectivity index (χ3v) is 3.06. The normalized spacial score (nSPS) is 10.4. The maximum absolute atomic E-state index is 13.9. The predicted octanol–water partition coefficient (Wildman–Crippen LogP) is 3.60. The lowest BCUT2D eigenvalue weighted by Gasteiger charge is -2.20. The molecule has 0 spiro atoms. The summed E-state index contributed by atoms with van der Waals surface area (Å²) in [5.41, 5.74) is 2.45. The summed E-state index contributed by atoms with van der Waals surface area (Å²) in [7, 11) is 1.86. The van der Waals surface area contributed by atoms with E-state index in [4.69, 9.17) is 11.6 Å². The van der Waals surface area contributed by atoms with Crippen LogP contribution in [-0.2, 0) is 12.4 Å². The molecular formula is C14H14ClFN2. The molecule has 0 saturated heterocycles. The Morgan fingerprint density at radius 3 is 2.50 bits per heavy atom. The average molecular weight is 265 g/mol. The van der Waals surface area contributed by atoms with Crippen molar-refractivity contribution < 1.29 is 4.39 Å². The van der Waals surface area contributed by atoms with E-state index in [0.29, 0.717) is 18.1 Å². The van der Waals surface area contributed by atoms with Gasteiger partial charge < -0.3 is 4.90 Å². The maximum atomic E-state index is 13.9. The van der Waals surface area contributed by atoms with Crippen molar-refractivity contribution in [2.75, 3.05) is 11.9 Å². The Hall–Kier alpha value is -1.61. The number of halogens is 2. The molecule has 0 amide bonds. The predicted molar refractivity (Wildman–Crippen MR) is 72.3 cm³/mol. The molecule has 18 heavy (non-hydrogen) atoms. The van der Waals surface area contributed by atoms with Gasteiger partial charge in [0.15, 0.2) is 0 Å². The zero-order valence-corrected chi connectivity index (χ0v) is 10.9. The van der Waals surface area contributed by atoms with Crippen molar-refractivity contribution in [3.05, 3.63) is 59.7 Å². The highest BCUT2D eigenvalue weighted by atomic mass is 35.5. The molecule has 2 rings (SSSR count). The van der Waals surface area contributed by atoms with E-state index < -0.39 is 0 Å². The van der Waals surface area contributed by atoms with Crippen LogP contribution in [0.4, 0.5) is 10.1 Å². The molecule has 0 aliphatic rings. The van der Waals surface area contributed by atoms with Crippen molar-refractivity contribution >= 4 is 17.3 Å². The number of benzene rings is 1. The monoisotopic (exact) mass is 264 g/mol. The van der Waals surface area contributed by atoms with Crippen LogP contribution in [-0.4, -0.2) is 12.0 Å². The molecule has 0 saturated carbocycles. The topological polar surface area (TPSA) is 16.1 Å². The van der Waals surface area contributed by atoms with E-state index in [-0.39, 0.29) is 5.82 Å². The quantitative estimate of drug-likeness (QED) is 0.785. The number of aromatic nitrogens is 1. The first-order chi connectivity index (χ1) is 8.70. The third-order valence-electron chi connectivity index (χ3n) is 2.75. The molecule has 2 aromatic rings. The molecule has 1 aromatic heterocycles. The van der Waals surface area contributed by atoms with Gasteiger partial charge in [0.2, 0.25) is 0 Å². The van der Waals surface area contributed by atoms with Crippen LogP contribution in [0.25, 0.3) is 0 Å². The van der Waals surface area contributed by atoms with E-state index in [2.05, 4.69) is 4.98 Å². The Labute approximate surface area is 111 Å². The van der Waals surface area contributed by atoms with Crippen LogP contribution >= 0.6 is 11.6 Å². The van der Waals surface area contributed by atoms with Gasteiger partial charge in [0.25, 0.3) is 0 Å². The SMILES string of the molecule is CN(Cc1ccncc1)c1ccc(CCl)cc1F. The minimum atomic E-state index is -0.246. The molecule has 0 fully saturated rings. The summed E-state index contributed by atoms with van der Waals surface area (Å²) in [5, 5.41) is 0. The Kier molecular flexibility index (Phi) is 4.15. The van der Waals surface area contributed by atoms with Crippen molar-refractivity contribution in [1.82, 2.24) is 4.98 Å². The second kappa shape index (κ2) is 5.83. The van der Waals surface area contributed by atoms with Gasteiger partial charge in [0.1, 0.15) is 5.82 Å². The fourth-order valence-corrected chi connectivity index (χ4v) is 1.96. The molecule has 2 nitrogen and oxygen atoms in total. The van der Waals surface area contributed by atoms with Crippen molar-refractivity contribution in [2.45, 2.75) is 12.4 Å². The fraction of sp³-hybridized carbons (Fsp3) is 0.214. The Morgan fingerprint density at radius 2 is 1.89 bits per heavy atom. The zero-order valence-electron chi connectivity index (χ0n) is 10.1. The van der Waals surface area contributed by atoms with Crippen molar-refractivity contribution in [3.8, 4) is 0 Å².